The van der Waals surface area contributed by atoms with Crippen LogP contribution in [0.15, 0.2) is 12.1 Å². The van der Waals surface area contributed by atoms with Gasteiger partial charge in [-0.3, -0.25) is 4.79 Å². The number of hydrogen-bond acceptors (Lipinski definition) is 4. The molecule has 138 valence electrons. The third-order valence-electron chi connectivity index (χ3n) is 3.99. The number of carbonyl (C=O) groups is 2. The van der Waals surface area contributed by atoms with Gasteiger partial charge in [0.2, 0.25) is 5.91 Å². The Morgan fingerprint density at radius 2 is 1.88 bits per heavy atom. The molecule has 1 fully saturated rings. The molecular formula is C17H24ClN3O4. The van der Waals surface area contributed by atoms with Crippen LogP contribution in [0.2, 0.25) is 5.02 Å². The van der Waals surface area contributed by atoms with Gasteiger partial charge in [0.1, 0.15) is 11.5 Å². The van der Waals surface area contributed by atoms with E-state index in [0.717, 1.165) is 0 Å². The number of methoxy groups -OCH3 is 2. The normalized spacial score (nSPS) is 17.4. The number of hydrogen-bond donors (Lipinski definition) is 2. The first kappa shape index (κ1) is 19.2. The Bertz CT molecular complexity index is 673. The summed E-state index contributed by atoms with van der Waals surface area (Å²) in [5, 5.41) is 5.92. The number of anilines is 1. The highest BCUT2D eigenvalue weighted by Crippen LogP contribution is 2.35. The largest absolute Gasteiger partial charge is 0.495 e. The molecule has 25 heavy (non-hydrogen) atoms. The number of nitrogens with zero attached hydrogens (tertiary/aromatic N) is 1. The van der Waals surface area contributed by atoms with E-state index >= 15 is 0 Å². The van der Waals surface area contributed by atoms with Crippen molar-refractivity contribution in [2.24, 2.45) is 0 Å². The quantitative estimate of drug-likeness (QED) is 0.855. The van der Waals surface area contributed by atoms with E-state index in [9.17, 15) is 9.59 Å². The predicted molar refractivity (Wildman–Crippen MR) is 96.6 cm³/mol. The number of urea groups is 1. The maximum absolute atomic E-state index is 12.3. The summed E-state index contributed by atoms with van der Waals surface area (Å²) >= 11 is 6.05. The summed E-state index contributed by atoms with van der Waals surface area (Å²) in [7, 11) is 2.97. The van der Waals surface area contributed by atoms with Gasteiger partial charge in [-0.25, -0.2) is 4.79 Å². The van der Waals surface area contributed by atoms with Gasteiger partial charge >= 0.3 is 6.03 Å². The number of halogens is 1. The molecule has 1 saturated heterocycles. The molecule has 1 aliphatic heterocycles. The molecule has 0 bridgehead atoms. The molecule has 0 radical (unpaired) electrons. The molecule has 1 unspecified atom stereocenters. The average molecular weight is 370 g/mol. The molecule has 8 heteroatoms. The first-order chi connectivity index (χ1) is 11.7. The fraction of sp³-hybridized carbons (Fsp3) is 0.529. The first-order valence-corrected chi connectivity index (χ1v) is 8.33. The van der Waals surface area contributed by atoms with Gasteiger partial charge in [-0.1, -0.05) is 11.6 Å². The molecule has 2 N–H and O–H groups in total. The molecule has 1 aliphatic rings. The standard InChI is InChI=1S/C17H24ClN3O4/c1-17(2,3)21-9-10(6-15(21)22)19-16(23)20-12-8-13(24-4)11(18)7-14(12)25-5/h7-8,10H,6,9H2,1-5H3,(H2,19,20,23). The molecular weight excluding hydrogens is 346 g/mol. The molecule has 0 aromatic heterocycles. The minimum atomic E-state index is -0.420. The van der Waals surface area contributed by atoms with Crippen molar-refractivity contribution >= 4 is 29.2 Å². The molecule has 0 spiro atoms. The summed E-state index contributed by atoms with van der Waals surface area (Å²) in [6.07, 6.45) is 0.283. The minimum Gasteiger partial charge on any atom is -0.495 e. The lowest BCUT2D eigenvalue weighted by Gasteiger charge is -2.32. The Morgan fingerprint density at radius 1 is 1.24 bits per heavy atom. The maximum Gasteiger partial charge on any atom is 0.319 e. The third-order valence-corrected chi connectivity index (χ3v) is 4.29. The number of ether oxygens (including phenoxy) is 2. The average Bonchev–Trinajstić information content (AvgIpc) is 2.89. The number of nitrogens with one attached hydrogen (secondary N) is 2. The monoisotopic (exact) mass is 369 g/mol. The van der Waals surface area contributed by atoms with Gasteiger partial charge in [0.15, 0.2) is 0 Å². The van der Waals surface area contributed by atoms with Crippen molar-refractivity contribution in [2.75, 3.05) is 26.1 Å². The van der Waals surface area contributed by atoms with Crippen molar-refractivity contribution in [2.45, 2.75) is 38.8 Å². The number of rotatable bonds is 4. The van der Waals surface area contributed by atoms with Gasteiger partial charge in [0.25, 0.3) is 0 Å². The summed E-state index contributed by atoms with van der Waals surface area (Å²) in [4.78, 5) is 26.2. The Morgan fingerprint density at radius 3 is 2.40 bits per heavy atom. The van der Waals surface area contributed by atoms with Crippen molar-refractivity contribution in [3.63, 3.8) is 0 Å². The van der Waals surface area contributed by atoms with Crippen molar-refractivity contribution in [3.8, 4) is 11.5 Å². The van der Waals surface area contributed by atoms with Gasteiger partial charge in [0, 0.05) is 30.6 Å². The molecule has 0 aliphatic carbocycles. The van der Waals surface area contributed by atoms with Gasteiger partial charge < -0.3 is 25.0 Å². The van der Waals surface area contributed by atoms with Gasteiger partial charge in [-0.05, 0) is 20.8 Å². The van der Waals surface area contributed by atoms with Crippen LogP contribution in [-0.2, 0) is 4.79 Å². The topological polar surface area (TPSA) is 79.9 Å². The van der Waals surface area contributed by atoms with Crippen LogP contribution in [0, 0.1) is 0 Å². The first-order valence-electron chi connectivity index (χ1n) is 7.95. The van der Waals surface area contributed by atoms with Crippen LogP contribution in [-0.4, -0.2) is 49.2 Å². The van der Waals surface area contributed by atoms with Crippen molar-refractivity contribution in [1.82, 2.24) is 10.2 Å². The van der Waals surface area contributed by atoms with Crippen LogP contribution in [0.5, 0.6) is 11.5 Å². The van der Waals surface area contributed by atoms with Crippen LogP contribution in [0.1, 0.15) is 27.2 Å². The van der Waals surface area contributed by atoms with Gasteiger partial charge in [0.05, 0.1) is 31.0 Å². The SMILES string of the molecule is COc1cc(NC(=O)NC2CC(=O)N(C(C)(C)C)C2)c(OC)cc1Cl. The molecule has 2 rings (SSSR count). The Balaban J connectivity index is 2.05. The summed E-state index contributed by atoms with van der Waals surface area (Å²) in [5.74, 6) is 0.871. The second-order valence-corrected chi connectivity index (χ2v) is 7.27. The molecule has 0 saturated carbocycles. The number of benzene rings is 1. The maximum atomic E-state index is 12.3. The zero-order valence-electron chi connectivity index (χ0n) is 15.1. The molecule has 7 nitrogen and oxygen atoms in total. The van der Waals surface area contributed by atoms with Crippen LogP contribution < -0.4 is 20.1 Å². The number of likely N-dealkylation sites (tertiary alicyclic amines) is 1. The van der Waals surface area contributed by atoms with E-state index in [2.05, 4.69) is 10.6 Å². The summed E-state index contributed by atoms with van der Waals surface area (Å²) in [6.45, 7) is 6.39. The second-order valence-electron chi connectivity index (χ2n) is 6.86. The number of carbonyl (C=O) groups excluding carboxylic acids is 2. The molecule has 1 aromatic carbocycles. The van der Waals surface area contributed by atoms with Crippen LogP contribution in [0.25, 0.3) is 0 Å². The Labute approximate surface area is 152 Å². The summed E-state index contributed by atoms with van der Waals surface area (Å²) in [5.41, 5.74) is 0.162. The third kappa shape index (κ3) is 4.48. The van der Waals surface area contributed by atoms with E-state index in [4.69, 9.17) is 21.1 Å². The van der Waals surface area contributed by atoms with Crippen molar-refractivity contribution in [1.29, 1.82) is 0 Å². The Hall–Kier alpha value is -2.15. The highest BCUT2D eigenvalue weighted by Gasteiger charge is 2.36. The lowest BCUT2D eigenvalue weighted by molar-refractivity contribution is -0.131. The predicted octanol–water partition coefficient (Wildman–Crippen LogP) is 2.88. The molecule has 1 atom stereocenters. The van der Waals surface area contributed by atoms with E-state index in [-0.39, 0.29) is 23.9 Å². The Kier molecular flexibility index (Phi) is 5.67. The van der Waals surface area contributed by atoms with Crippen LogP contribution in [0.3, 0.4) is 0 Å². The van der Waals surface area contributed by atoms with Crippen molar-refractivity contribution < 1.29 is 19.1 Å². The lowest BCUT2D eigenvalue weighted by Crippen LogP contribution is -2.45. The highest BCUT2D eigenvalue weighted by atomic mass is 35.5. The fourth-order valence-electron chi connectivity index (χ4n) is 2.75. The van der Waals surface area contributed by atoms with Gasteiger partial charge in [-0.15, -0.1) is 0 Å². The van der Waals surface area contributed by atoms with Crippen LogP contribution in [0.4, 0.5) is 10.5 Å². The fourth-order valence-corrected chi connectivity index (χ4v) is 2.99. The number of amides is 3. The summed E-state index contributed by atoms with van der Waals surface area (Å²) < 4.78 is 10.4. The zero-order valence-corrected chi connectivity index (χ0v) is 15.9. The zero-order chi connectivity index (χ0) is 18.8. The van der Waals surface area contributed by atoms with Crippen molar-refractivity contribution in [3.05, 3.63) is 17.2 Å². The minimum absolute atomic E-state index is 0.0311. The summed E-state index contributed by atoms with van der Waals surface area (Å²) in [6, 6.07) is 2.49. The van der Waals surface area contributed by atoms with E-state index in [0.29, 0.717) is 28.8 Å². The van der Waals surface area contributed by atoms with E-state index in [1.54, 1.807) is 17.0 Å². The smallest absolute Gasteiger partial charge is 0.319 e. The van der Waals surface area contributed by atoms with E-state index < -0.39 is 6.03 Å². The lowest BCUT2D eigenvalue weighted by atomic mass is 10.1. The molecule has 1 heterocycles. The second kappa shape index (κ2) is 7.39. The van der Waals surface area contributed by atoms with Crippen LogP contribution >= 0.6 is 11.6 Å². The molecule has 1 aromatic rings. The highest BCUT2D eigenvalue weighted by molar-refractivity contribution is 6.32. The molecule has 3 amide bonds. The van der Waals surface area contributed by atoms with E-state index in [1.165, 1.54) is 14.2 Å². The van der Waals surface area contributed by atoms with E-state index in [1.807, 2.05) is 20.8 Å². The van der Waals surface area contributed by atoms with Gasteiger partial charge in [-0.2, -0.15) is 0 Å².